The molecular formula is C27H24FN5O3. The van der Waals surface area contributed by atoms with Crippen molar-refractivity contribution >= 4 is 11.6 Å². The molecule has 0 bridgehead atoms. The van der Waals surface area contributed by atoms with Crippen LogP contribution in [0.2, 0.25) is 0 Å². The van der Waals surface area contributed by atoms with Crippen molar-refractivity contribution in [3.8, 4) is 22.4 Å². The average molecular weight is 486 g/mol. The van der Waals surface area contributed by atoms with Gasteiger partial charge in [-0.3, -0.25) is 0 Å². The zero-order valence-corrected chi connectivity index (χ0v) is 19.4. The van der Waals surface area contributed by atoms with Gasteiger partial charge in [0.25, 0.3) is 0 Å². The largest absolute Gasteiger partial charge is 0.467 e. The van der Waals surface area contributed by atoms with Crippen LogP contribution in [0.4, 0.5) is 16.0 Å². The molecule has 4 heterocycles. The van der Waals surface area contributed by atoms with Gasteiger partial charge in [-0.15, -0.1) is 0 Å². The maximum Gasteiger partial charge on any atom is 0.236 e. The van der Waals surface area contributed by atoms with Crippen molar-refractivity contribution < 1.29 is 18.3 Å². The normalized spacial score (nSPS) is 16.1. The predicted octanol–water partition coefficient (Wildman–Crippen LogP) is 5.18. The van der Waals surface area contributed by atoms with Crippen LogP contribution in [0.15, 0.2) is 83.6 Å². The number of furan rings is 1. The molecular weight excluding hydrogens is 461 g/mol. The fourth-order valence-electron chi connectivity index (χ4n) is 4.38. The summed E-state index contributed by atoms with van der Waals surface area (Å²) in [6.45, 7) is 5.80. The lowest BCUT2D eigenvalue weighted by Gasteiger charge is -2.31. The van der Waals surface area contributed by atoms with Crippen LogP contribution < -0.4 is 10.7 Å². The highest BCUT2D eigenvalue weighted by Crippen LogP contribution is 2.42. The molecule has 0 unspecified atom stereocenters. The van der Waals surface area contributed by atoms with E-state index in [2.05, 4.69) is 22.3 Å². The van der Waals surface area contributed by atoms with Crippen molar-refractivity contribution in [3.05, 3.63) is 96.4 Å². The highest BCUT2D eigenvalue weighted by molar-refractivity contribution is 5.88. The average Bonchev–Trinajstić information content (AvgIpc) is 3.58. The molecule has 0 saturated carbocycles. The van der Waals surface area contributed by atoms with Gasteiger partial charge >= 0.3 is 0 Å². The number of halogens is 1. The number of aromatic nitrogens is 2. The van der Waals surface area contributed by atoms with E-state index < -0.39 is 6.41 Å². The van der Waals surface area contributed by atoms with E-state index in [1.54, 1.807) is 24.6 Å². The molecule has 0 amide bonds. The van der Waals surface area contributed by atoms with Gasteiger partial charge in [-0.2, -0.15) is 5.01 Å². The van der Waals surface area contributed by atoms with Crippen molar-refractivity contribution in [3.63, 3.8) is 0 Å². The van der Waals surface area contributed by atoms with Gasteiger partial charge in [-0.1, -0.05) is 24.8 Å². The number of rotatable bonds is 6. The van der Waals surface area contributed by atoms with E-state index in [9.17, 15) is 4.39 Å². The molecule has 2 aliphatic rings. The molecule has 182 valence electrons. The van der Waals surface area contributed by atoms with E-state index in [0.717, 1.165) is 45.0 Å². The third-order valence-corrected chi connectivity index (χ3v) is 6.09. The van der Waals surface area contributed by atoms with Crippen LogP contribution in [0.5, 0.6) is 0 Å². The van der Waals surface area contributed by atoms with Crippen molar-refractivity contribution in [1.82, 2.24) is 15.0 Å². The van der Waals surface area contributed by atoms with E-state index in [1.165, 1.54) is 12.1 Å². The highest BCUT2D eigenvalue weighted by Gasteiger charge is 2.32. The molecule has 0 aliphatic carbocycles. The third-order valence-electron chi connectivity index (χ3n) is 6.09. The Morgan fingerprint density at radius 1 is 1.08 bits per heavy atom. The second-order valence-electron chi connectivity index (χ2n) is 8.64. The minimum Gasteiger partial charge on any atom is -0.467 e. The van der Waals surface area contributed by atoms with Gasteiger partial charge in [-0.25, -0.2) is 14.4 Å². The number of nitrogens with zero attached hydrogens (tertiary/aromatic N) is 3. The minimum atomic E-state index is -0.541. The Labute approximate surface area is 207 Å². The fraction of sp³-hybridized carbons (Fsp3) is 0.185. The molecule has 0 radical (unpaired) electrons. The van der Waals surface area contributed by atoms with Crippen LogP contribution >= 0.6 is 0 Å². The first kappa shape index (κ1) is 22.4. The lowest BCUT2D eigenvalue weighted by molar-refractivity contribution is -0.229. The molecule has 4 aromatic rings. The molecule has 0 atom stereocenters. The second kappa shape index (κ2) is 9.54. The van der Waals surface area contributed by atoms with Gasteiger partial charge in [0.05, 0.1) is 43.9 Å². The maximum atomic E-state index is 13.7. The summed E-state index contributed by atoms with van der Waals surface area (Å²) in [7, 11) is 0. The number of fused-ring (bicyclic) bond motifs is 1. The second-order valence-corrected chi connectivity index (χ2v) is 8.64. The van der Waals surface area contributed by atoms with Gasteiger partial charge < -0.3 is 24.6 Å². The van der Waals surface area contributed by atoms with Gasteiger partial charge in [-0.05, 0) is 53.1 Å². The van der Waals surface area contributed by atoms with Crippen molar-refractivity contribution in [1.29, 1.82) is 0 Å². The molecule has 1 saturated heterocycles. The number of hydrazine groups is 1. The van der Waals surface area contributed by atoms with Crippen molar-refractivity contribution in [2.75, 3.05) is 24.0 Å². The monoisotopic (exact) mass is 485 g/mol. The summed E-state index contributed by atoms with van der Waals surface area (Å²) in [4.78, 5) is 9.19. The van der Waals surface area contributed by atoms with E-state index in [1.807, 2.05) is 35.3 Å². The Morgan fingerprint density at radius 2 is 1.92 bits per heavy atom. The van der Waals surface area contributed by atoms with Crippen LogP contribution in [-0.4, -0.2) is 34.6 Å². The molecule has 2 aromatic carbocycles. The minimum absolute atomic E-state index is 0.283. The number of nitrogens with one attached hydrogen (secondary N) is 2. The van der Waals surface area contributed by atoms with Crippen LogP contribution in [0, 0.1) is 5.82 Å². The molecule has 0 spiro atoms. The van der Waals surface area contributed by atoms with E-state index in [0.29, 0.717) is 32.3 Å². The van der Waals surface area contributed by atoms with E-state index in [4.69, 9.17) is 18.9 Å². The Hall–Kier alpha value is -4.05. The number of ether oxygens (including phenoxy) is 2. The van der Waals surface area contributed by atoms with Crippen LogP contribution in [0.1, 0.15) is 11.3 Å². The maximum absolute atomic E-state index is 13.7. The standard InChI is InChI=1S/C27H24FN5O3/c1-17-15-35-27(36-16-17)33-14-22-23(32-33)9-8-21(18-4-6-19(28)7-5-18)25(22)24-10-11-29-26(31-24)30-13-20-3-2-12-34-20/h2-12,27,32H,1,13-16H2,(H,29,30,31). The van der Waals surface area contributed by atoms with Crippen molar-refractivity contribution in [2.45, 2.75) is 19.5 Å². The fourth-order valence-corrected chi connectivity index (χ4v) is 4.38. The SMILES string of the molecule is C=C1COC(N2Cc3c(ccc(-c4ccc(F)cc4)c3-c3ccnc(NCc4ccco4)n3)N2)OC1. The number of anilines is 2. The predicted molar refractivity (Wildman–Crippen MR) is 133 cm³/mol. The summed E-state index contributed by atoms with van der Waals surface area (Å²) in [5.74, 6) is 0.979. The first-order valence-corrected chi connectivity index (χ1v) is 11.6. The molecule has 2 N–H and O–H groups in total. The summed E-state index contributed by atoms with van der Waals surface area (Å²) in [5, 5.41) is 5.13. The summed E-state index contributed by atoms with van der Waals surface area (Å²) < 4.78 is 30.7. The van der Waals surface area contributed by atoms with Crippen LogP contribution in [-0.2, 0) is 22.6 Å². The van der Waals surface area contributed by atoms with Gasteiger partial charge in [0.2, 0.25) is 12.4 Å². The smallest absolute Gasteiger partial charge is 0.236 e. The molecule has 2 aliphatic heterocycles. The third kappa shape index (κ3) is 4.47. The highest BCUT2D eigenvalue weighted by atomic mass is 19.1. The van der Waals surface area contributed by atoms with E-state index in [-0.39, 0.29) is 5.82 Å². The summed E-state index contributed by atoms with van der Waals surface area (Å²) in [5.41, 5.74) is 9.75. The Morgan fingerprint density at radius 3 is 2.69 bits per heavy atom. The first-order chi connectivity index (χ1) is 17.6. The summed E-state index contributed by atoms with van der Waals surface area (Å²) in [6, 6.07) is 16.1. The zero-order chi connectivity index (χ0) is 24.5. The van der Waals surface area contributed by atoms with Gasteiger partial charge in [0.1, 0.15) is 11.6 Å². The Bertz CT molecular complexity index is 1380. The van der Waals surface area contributed by atoms with Crippen LogP contribution in [0.25, 0.3) is 22.4 Å². The molecule has 8 nitrogen and oxygen atoms in total. The van der Waals surface area contributed by atoms with Crippen molar-refractivity contribution in [2.24, 2.45) is 0 Å². The molecule has 6 rings (SSSR count). The number of hydrogen-bond acceptors (Lipinski definition) is 8. The lowest BCUT2D eigenvalue weighted by atomic mass is 9.92. The van der Waals surface area contributed by atoms with Gasteiger partial charge in [0, 0.05) is 17.3 Å². The van der Waals surface area contributed by atoms with Gasteiger partial charge in [0.15, 0.2) is 0 Å². The Kier molecular flexibility index (Phi) is 5.94. The molecule has 2 aromatic heterocycles. The quantitative estimate of drug-likeness (QED) is 0.361. The molecule has 36 heavy (non-hydrogen) atoms. The molecule has 9 heteroatoms. The zero-order valence-electron chi connectivity index (χ0n) is 19.4. The summed E-state index contributed by atoms with van der Waals surface area (Å²) >= 11 is 0. The van der Waals surface area contributed by atoms with Crippen LogP contribution in [0.3, 0.4) is 0 Å². The number of hydrogen-bond donors (Lipinski definition) is 2. The van der Waals surface area contributed by atoms with E-state index >= 15 is 0 Å². The molecule has 1 fully saturated rings. The first-order valence-electron chi connectivity index (χ1n) is 11.6. The summed E-state index contributed by atoms with van der Waals surface area (Å²) in [6.07, 6.45) is 2.81. The Balaban J connectivity index is 1.38. The lowest BCUT2D eigenvalue weighted by Crippen LogP contribution is -2.43. The number of benzene rings is 2. The topological polar surface area (TPSA) is 84.7 Å².